The Kier molecular flexibility index (Phi) is 4.59. The lowest BCUT2D eigenvalue weighted by atomic mass is 9.99. The largest absolute Gasteiger partial charge is 0.381 e. The molecule has 2 unspecified atom stereocenters. The fourth-order valence-electron chi connectivity index (χ4n) is 2.45. The molecular weight excluding hydrogens is 264 g/mol. The van der Waals surface area contributed by atoms with Crippen molar-refractivity contribution in [2.24, 2.45) is 5.73 Å². The van der Waals surface area contributed by atoms with E-state index in [1.807, 2.05) is 0 Å². The molecule has 5 nitrogen and oxygen atoms in total. The van der Waals surface area contributed by atoms with Crippen LogP contribution in [-0.4, -0.2) is 37.3 Å². The van der Waals surface area contributed by atoms with E-state index >= 15 is 0 Å². The molecule has 1 aromatic heterocycles. The second-order valence-electron chi connectivity index (χ2n) is 4.57. The summed E-state index contributed by atoms with van der Waals surface area (Å²) in [5, 5.41) is 9.42. The van der Waals surface area contributed by atoms with Crippen LogP contribution in [0.3, 0.4) is 0 Å². The van der Waals surface area contributed by atoms with Gasteiger partial charge in [-0.1, -0.05) is 11.6 Å². The van der Waals surface area contributed by atoms with Crippen LogP contribution in [0.5, 0.6) is 0 Å². The summed E-state index contributed by atoms with van der Waals surface area (Å²) in [6.07, 6.45) is 3.59. The predicted octanol–water partition coefficient (Wildman–Crippen LogP) is 1.55. The highest BCUT2D eigenvalue weighted by Gasteiger charge is 2.30. The molecule has 0 saturated carbocycles. The Bertz CT molecular complexity index is 488. The van der Waals surface area contributed by atoms with Crippen LogP contribution in [0.25, 0.3) is 0 Å². The summed E-state index contributed by atoms with van der Waals surface area (Å²) in [7, 11) is 1.72. The molecule has 1 saturated heterocycles. The first-order valence-corrected chi connectivity index (χ1v) is 6.63. The van der Waals surface area contributed by atoms with E-state index in [1.165, 1.54) is 0 Å². The number of anilines is 1. The van der Waals surface area contributed by atoms with Crippen molar-refractivity contribution in [1.29, 1.82) is 5.26 Å². The Morgan fingerprint density at radius 2 is 2.47 bits per heavy atom. The molecule has 6 heteroatoms. The van der Waals surface area contributed by atoms with Crippen LogP contribution in [0.15, 0.2) is 12.3 Å². The molecular formula is C13H17ClN4O. The Hall–Kier alpha value is -1.35. The summed E-state index contributed by atoms with van der Waals surface area (Å²) in [6, 6.07) is 3.83. The summed E-state index contributed by atoms with van der Waals surface area (Å²) >= 11 is 6.24. The van der Waals surface area contributed by atoms with Gasteiger partial charge < -0.3 is 15.4 Å². The van der Waals surface area contributed by atoms with Crippen molar-refractivity contribution in [2.75, 3.05) is 25.1 Å². The van der Waals surface area contributed by atoms with E-state index in [-0.39, 0.29) is 12.1 Å². The highest BCUT2D eigenvalue weighted by Crippen LogP contribution is 2.31. The van der Waals surface area contributed by atoms with Crippen molar-refractivity contribution >= 4 is 17.4 Å². The van der Waals surface area contributed by atoms with Crippen LogP contribution in [0.4, 0.5) is 5.82 Å². The number of nitrogens with two attached hydrogens (primary N) is 1. The molecule has 0 amide bonds. The Morgan fingerprint density at radius 1 is 1.68 bits per heavy atom. The van der Waals surface area contributed by atoms with E-state index < -0.39 is 0 Å². The maximum Gasteiger partial charge on any atom is 0.149 e. The zero-order valence-electron chi connectivity index (χ0n) is 10.8. The van der Waals surface area contributed by atoms with Crippen molar-refractivity contribution in [3.05, 3.63) is 22.8 Å². The SMILES string of the molecule is COC1CCN(c2nccc(C#N)c2Cl)C(CN)C1. The summed E-state index contributed by atoms with van der Waals surface area (Å²) in [4.78, 5) is 6.39. The normalized spacial score (nSPS) is 23.2. The maximum absolute atomic E-state index is 9.02. The third-order valence-corrected chi connectivity index (χ3v) is 3.91. The van der Waals surface area contributed by atoms with Crippen molar-refractivity contribution in [3.63, 3.8) is 0 Å². The van der Waals surface area contributed by atoms with Gasteiger partial charge in [0.25, 0.3) is 0 Å². The molecule has 0 spiro atoms. The number of rotatable bonds is 3. The molecule has 2 rings (SSSR count). The minimum absolute atomic E-state index is 0.137. The average Bonchev–Trinajstić information content (AvgIpc) is 2.47. The van der Waals surface area contributed by atoms with Crippen LogP contribution < -0.4 is 10.6 Å². The van der Waals surface area contributed by atoms with Gasteiger partial charge in [0, 0.05) is 32.4 Å². The van der Waals surface area contributed by atoms with E-state index in [1.54, 1.807) is 19.4 Å². The van der Waals surface area contributed by atoms with Gasteiger partial charge in [0.05, 0.1) is 11.7 Å². The number of pyridine rings is 1. The van der Waals surface area contributed by atoms with Crippen molar-refractivity contribution in [2.45, 2.75) is 25.0 Å². The number of piperidine rings is 1. The number of hydrogen-bond donors (Lipinski definition) is 1. The van der Waals surface area contributed by atoms with Crippen LogP contribution in [-0.2, 0) is 4.74 Å². The lowest BCUT2D eigenvalue weighted by Crippen LogP contribution is -2.49. The highest BCUT2D eigenvalue weighted by molar-refractivity contribution is 6.34. The molecule has 2 N–H and O–H groups in total. The molecule has 1 aliphatic rings. The Morgan fingerprint density at radius 3 is 3.11 bits per heavy atom. The fourth-order valence-corrected chi connectivity index (χ4v) is 2.71. The molecule has 2 atom stereocenters. The van der Waals surface area contributed by atoms with Crippen molar-refractivity contribution < 1.29 is 4.74 Å². The summed E-state index contributed by atoms with van der Waals surface area (Å²) in [5.74, 6) is 0.644. The van der Waals surface area contributed by atoms with E-state index in [9.17, 15) is 0 Å². The molecule has 2 heterocycles. The van der Waals surface area contributed by atoms with Crippen LogP contribution in [0.2, 0.25) is 5.02 Å². The second kappa shape index (κ2) is 6.20. The van der Waals surface area contributed by atoms with E-state index in [2.05, 4.69) is 16.0 Å². The number of aromatic nitrogens is 1. The standard InChI is InChI=1S/C13H17ClN4O/c1-19-11-3-5-18(10(6-11)8-16)13-12(14)9(7-15)2-4-17-13/h2,4,10-11H,3,5-6,8,16H2,1H3. The predicted molar refractivity (Wildman–Crippen MR) is 74.2 cm³/mol. The quantitative estimate of drug-likeness (QED) is 0.909. The third kappa shape index (κ3) is 2.81. The van der Waals surface area contributed by atoms with Gasteiger partial charge in [-0.2, -0.15) is 5.26 Å². The molecule has 1 aromatic rings. The van der Waals surface area contributed by atoms with Crippen LogP contribution in [0, 0.1) is 11.3 Å². The summed E-state index contributed by atoms with van der Waals surface area (Å²) in [6.45, 7) is 1.29. The van der Waals surface area contributed by atoms with Gasteiger partial charge in [0.15, 0.2) is 0 Å². The van der Waals surface area contributed by atoms with Gasteiger partial charge in [-0.15, -0.1) is 0 Å². The van der Waals surface area contributed by atoms with Crippen LogP contribution >= 0.6 is 11.6 Å². The topological polar surface area (TPSA) is 75.2 Å². The second-order valence-corrected chi connectivity index (χ2v) is 4.95. The van der Waals surface area contributed by atoms with E-state index in [0.29, 0.717) is 22.9 Å². The smallest absolute Gasteiger partial charge is 0.149 e. The minimum atomic E-state index is 0.137. The maximum atomic E-state index is 9.02. The first kappa shape index (κ1) is 14.1. The average molecular weight is 281 g/mol. The van der Waals surface area contributed by atoms with Gasteiger partial charge in [0.1, 0.15) is 16.9 Å². The molecule has 102 valence electrons. The van der Waals surface area contributed by atoms with Gasteiger partial charge in [-0.25, -0.2) is 4.98 Å². The molecule has 0 radical (unpaired) electrons. The molecule has 0 bridgehead atoms. The first-order chi connectivity index (χ1) is 9.21. The number of halogens is 1. The van der Waals surface area contributed by atoms with Gasteiger partial charge in [-0.05, 0) is 18.9 Å². The van der Waals surface area contributed by atoms with Crippen LogP contribution in [0.1, 0.15) is 18.4 Å². The lowest BCUT2D eigenvalue weighted by molar-refractivity contribution is 0.0708. The molecule has 0 aliphatic carbocycles. The number of methoxy groups -OCH3 is 1. The third-order valence-electron chi connectivity index (χ3n) is 3.54. The molecule has 19 heavy (non-hydrogen) atoms. The van der Waals surface area contributed by atoms with Crippen molar-refractivity contribution in [1.82, 2.24) is 4.98 Å². The summed E-state index contributed by atoms with van der Waals surface area (Å²) < 4.78 is 5.39. The highest BCUT2D eigenvalue weighted by atomic mass is 35.5. The fraction of sp³-hybridized carbons (Fsp3) is 0.538. The zero-order valence-corrected chi connectivity index (χ0v) is 11.6. The van der Waals surface area contributed by atoms with Gasteiger partial charge >= 0.3 is 0 Å². The van der Waals surface area contributed by atoms with Gasteiger partial charge in [0.2, 0.25) is 0 Å². The summed E-state index contributed by atoms with van der Waals surface area (Å²) in [5.41, 5.74) is 6.28. The Labute approximate surface area is 117 Å². The van der Waals surface area contributed by atoms with E-state index in [4.69, 9.17) is 27.3 Å². The Balaban J connectivity index is 2.28. The number of hydrogen-bond acceptors (Lipinski definition) is 5. The van der Waals surface area contributed by atoms with Gasteiger partial charge in [-0.3, -0.25) is 0 Å². The number of nitrogens with zero attached hydrogens (tertiary/aromatic N) is 3. The van der Waals surface area contributed by atoms with E-state index in [0.717, 1.165) is 19.4 Å². The first-order valence-electron chi connectivity index (χ1n) is 6.25. The lowest BCUT2D eigenvalue weighted by Gasteiger charge is -2.39. The minimum Gasteiger partial charge on any atom is -0.381 e. The number of nitriles is 1. The molecule has 1 aliphatic heterocycles. The molecule has 0 aromatic carbocycles. The van der Waals surface area contributed by atoms with Crippen molar-refractivity contribution in [3.8, 4) is 6.07 Å². The number of ether oxygens (including phenoxy) is 1. The zero-order chi connectivity index (χ0) is 13.8. The monoisotopic (exact) mass is 280 g/mol. The molecule has 1 fully saturated rings.